The average Bonchev–Trinajstić information content (AvgIpc) is 2.27. The van der Waals surface area contributed by atoms with Crippen molar-refractivity contribution in [2.45, 2.75) is 6.92 Å². The van der Waals surface area contributed by atoms with Crippen LogP contribution in [0, 0.1) is 6.92 Å². The molecule has 0 aliphatic rings. The second-order valence-corrected chi connectivity index (χ2v) is 5.11. The summed E-state index contributed by atoms with van der Waals surface area (Å²) >= 11 is 9.61. The van der Waals surface area contributed by atoms with Crippen LogP contribution in [0.15, 0.2) is 40.9 Å². The molecule has 0 saturated heterocycles. The zero-order valence-electron chi connectivity index (χ0n) is 9.30. The van der Waals surface area contributed by atoms with Gasteiger partial charge in [-0.3, -0.25) is 0 Å². The van der Waals surface area contributed by atoms with Gasteiger partial charge in [0.1, 0.15) is 0 Å². The van der Waals surface area contributed by atoms with Crippen molar-refractivity contribution < 1.29 is 0 Å². The minimum Gasteiger partial charge on any atom is -0.399 e. The Labute approximate surface area is 114 Å². The Morgan fingerprint density at radius 3 is 2.59 bits per heavy atom. The predicted octanol–water partition coefficient (Wildman–Crippen LogP) is 4.74. The van der Waals surface area contributed by atoms with Crippen molar-refractivity contribution in [1.29, 1.82) is 0 Å². The van der Waals surface area contributed by atoms with Crippen molar-refractivity contribution in [2.75, 3.05) is 11.1 Å². The molecule has 17 heavy (non-hydrogen) atoms. The Morgan fingerprint density at radius 1 is 1.12 bits per heavy atom. The Morgan fingerprint density at radius 2 is 1.88 bits per heavy atom. The molecule has 0 bridgehead atoms. The van der Waals surface area contributed by atoms with E-state index in [-0.39, 0.29) is 0 Å². The molecular formula is C13H12BrClN2. The lowest BCUT2D eigenvalue weighted by Gasteiger charge is -2.11. The molecule has 0 heterocycles. The molecule has 88 valence electrons. The van der Waals surface area contributed by atoms with E-state index in [0.717, 1.165) is 15.8 Å². The van der Waals surface area contributed by atoms with Gasteiger partial charge in [-0.2, -0.15) is 0 Å². The molecule has 0 aliphatic heterocycles. The van der Waals surface area contributed by atoms with E-state index in [1.54, 1.807) is 6.07 Å². The van der Waals surface area contributed by atoms with Crippen LogP contribution in [-0.4, -0.2) is 0 Å². The van der Waals surface area contributed by atoms with Crippen LogP contribution >= 0.6 is 27.5 Å². The number of nitrogens with two attached hydrogens (primary N) is 1. The van der Waals surface area contributed by atoms with Gasteiger partial charge in [-0.1, -0.05) is 17.7 Å². The maximum absolute atomic E-state index is 6.11. The van der Waals surface area contributed by atoms with Crippen LogP contribution in [0.2, 0.25) is 5.02 Å². The normalized spacial score (nSPS) is 10.3. The number of nitrogen functional groups attached to an aromatic ring is 1. The summed E-state index contributed by atoms with van der Waals surface area (Å²) in [4.78, 5) is 0. The lowest BCUT2D eigenvalue weighted by molar-refractivity contribution is 1.43. The van der Waals surface area contributed by atoms with E-state index in [0.29, 0.717) is 10.7 Å². The minimum absolute atomic E-state index is 0.610. The molecule has 2 aromatic carbocycles. The molecular weight excluding hydrogens is 300 g/mol. The fourth-order valence-corrected chi connectivity index (χ4v) is 2.09. The van der Waals surface area contributed by atoms with Crippen LogP contribution < -0.4 is 11.1 Å². The molecule has 4 heteroatoms. The molecule has 3 N–H and O–H groups in total. The van der Waals surface area contributed by atoms with Gasteiger partial charge in [0.15, 0.2) is 0 Å². The summed E-state index contributed by atoms with van der Waals surface area (Å²) in [6, 6.07) is 11.5. The van der Waals surface area contributed by atoms with Crippen molar-refractivity contribution >= 4 is 44.6 Å². The van der Waals surface area contributed by atoms with E-state index in [4.69, 9.17) is 17.3 Å². The third kappa shape index (κ3) is 2.93. The molecule has 2 aromatic rings. The minimum atomic E-state index is 0.610. The SMILES string of the molecule is Cc1ccc(Br)c(Nc2ccc(N)cc2Cl)c1. The van der Waals surface area contributed by atoms with Crippen molar-refractivity contribution in [1.82, 2.24) is 0 Å². The second kappa shape index (κ2) is 4.98. The van der Waals surface area contributed by atoms with E-state index in [1.807, 2.05) is 31.2 Å². The number of halogens is 2. The van der Waals surface area contributed by atoms with Crippen molar-refractivity contribution in [3.63, 3.8) is 0 Å². The number of nitrogens with one attached hydrogen (secondary N) is 1. The third-order valence-corrected chi connectivity index (χ3v) is 3.39. The van der Waals surface area contributed by atoms with Crippen LogP contribution in [0.4, 0.5) is 17.1 Å². The van der Waals surface area contributed by atoms with E-state index in [2.05, 4.69) is 27.3 Å². The van der Waals surface area contributed by atoms with Gasteiger partial charge in [-0.05, 0) is 58.7 Å². The standard InChI is InChI=1S/C13H12BrClN2/c1-8-2-4-10(14)13(6-8)17-12-5-3-9(16)7-11(12)15/h2-7,17H,16H2,1H3. The third-order valence-electron chi connectivity index (χ3n) is 2.38. The monoisotopic (exact) mass is 310 g/mol. The smallest absolute Gasteiger partial charge is 0.0661 e. The first-order valence-corrected chi connectivity index (χ1v) is 6.31. The van der Waals surface area contributed by atoms with Gasteiger partial charge in [0.2, 0.25) is 0 Å². The van der Waals surface area contributed by atoms with Crippen LogP contribution in [0.1, 0.15) is 5.56 Å². The zero-order valence-corrected chi connectivity index (χ0v) is 11.6. The topological polar surface area (TPSA) is 38.0 Å². The Kier molecular flexibility index (Phi) is 3.60. The van der Waals surface area contributed by atoms with E-state index >= 15 is 0 Å². The maximum atomic E-state index is 6.11. The quantitative estimate of drug-likeness (QED) is 0.786. The molecule has 0 radical (unpaired) electrons. The highest BCUT2D eigenvalue weighted by Crippen LogP contribution is 2.31. The number of hydrogen-bond acceptors (Lipinski definition) is 2. The van der Waals surface area contributed by atoms with Crippen LogP contribution in [0.3, 0.4) is 0 Å². The number of benzene rings is 2. The van der Waals surface area contributed by atoms with Gasteiger partial charge in [0.25, 0.3) is 0 Å². The lowest BCUT2D eigenvalue weighted by Crippen LogP contribution is -1.94. The van der Waals surface area contributed by atoms with Crippen molar-refractivity contribution in [3.8, 4) is 0 Å². The van der Waals surface area contributed by atoms with Crippen LogP contribution in [-0.2, 0) is 0 Å². The molecule has 0 unspecified atom stereocenters. The molecule has 0 spiro atoms. The summed E-state index contributed by atoms with van der Waals surface area (Å²) in [5.41, 5.74) is 9.32. The summed E-state index contributed by atoms with van der Waals surface area (Å²) in [6.07, 6.45) is 0. The summed E-state index contributed by atoms with van der Waals surface area (Å²) in [5, 5.41) is 3.88. The van der Waals surface area contributed by atoms with E-state index in [1.165, 1.54) is 5.56 Å². The predicted molar refractivity (Wildman–Crippen MR) is 78.0 cm³/mol. The fourth-order valence-electron chi connectivity index (χ4n) is 1.51. The summed E-state index contributed by atoms with van der Waals surface area (Å²) in [7, 11) is 0. The number of rotatable bonds is 2. The highest BCUT2D eigenvalue weighted by molar-refractivity contribution is 9.10. The molecule has 0 saturated carbocycles. The van der Waals surface area contributed by atoms with Gasteiger partial charge < -0.3 is 11.1 Å². The number of aryl methyl sites for hydroxylation is 1. The Bertz CT molecular complexity index is 555. The average molecular weight is 312 g/mol. The van der Waals surface area contributed by atoms with E-state index in [9.17, 15) is 0 Å². The lowest BCUT2D eigenvalue weighted by atomic mass is 10.2. The molecule has 2 rings (SSSR count). The first kappa shape index (κ1) is 12.3. The highest BCUT2D eigenvalue weighted by Gasteiger charge is 2.04. The molecule has 0 amide bonds. The maximum Gasteiger partial charge on any atom is 0.0661 e. The zero-order chi connectivity index (χ0) is 12.4. The first-order valence-electron chi connectivity index (χ1n) is 5.14. The Hall–Kier alpha value is -1.19. The van der Waals surface area contributed by atoms with Gasteiger partial charge in [0, 0.05) is 10.2 Å². The van der Waals surface area contributed by atoms with Gasteiger partial charge >= 0.3 is 0 Å². The van der Waals surface area contributed by atoms with Crippen LogP contribution in [0.25, 0.3) is 0 Å². The van der Waals surface area contributed by atoms with E-state index < -0.39 is 0 Å². The molecule has 2 nitrogen and oxygen atoms in total. The second-order valence-electron chi connectivity index (χ2n) is 3.85. The fraction of sp³-hybridized carbons (Fsp3) is 0.0769. The molecule has 0 atom stereocenters. The van der Waals surface area contributed by atoms with Crippen molar-refractivity contribution in [3.05, 3.63) is 51.5 Å². The van der Waals surface area contributed by atoms with Crippen LogP contribution in [0.5, 0.6) is 0 Å². The van der Waals surface area contributed by atoms with Crippen molar-refractivity contribution in [2.24, 2.45) is 0 Å². The first-order chi connectivity index (χ1) is 8.06. The summed E-state index contributed by atoms with van der Waals surface area (Å²) in [5.74, 6) is 0. The number of hydrogen-bond donors (Lipinski definition) is 2. The number of anilines is 3. The highest BCUT2D eigenvalue weighted by atomic mass is 79.9. The molecule has 0 fully saturated rings. The van der Waals surface area contributed by atoms with Gasteiger partial charge in [-0.25, -0.2) is 0 Å². The summed E-state index contributed by atoms with van der Waals surface area (Å²) in [6.45, 7) is 2.04. The van der Waals surface area contributed by atoms with Gasteiger partial charge in [0.05, 0.1) is 16.4 Å². The Balaban J connectivity index is 2.34. The molecule has 0 aliphatic carbocycles. The molecule has 0 aromatic heterocycles. The summed E-state index contributed by atoms with van der Waals surface area (Å²) < 4.78 is 0.996. The largest absolute Gasteiger partial charge is 0.399 e. The van der Waals surface area contributed by atoms with Gasteiger partial charge in [-0.15, -0.1) is 0 Å².